The minimum atomic E-state index is -4.45. The van der Waals surface area contributed by atoms with E-state index in [0.717, 1.165) is 4.57 Å². The van der Waals surface area contributed by atoms with Crippen LogP contribution in [0.15, 0.2) is 39.9 Å². The van der Waals surface area contributed by atoms with Crippen LogP contribution in [0.1, 0.15) is 36.8 Å². The monoisotopic (exact) mass is 444 g/mol. The van der Waals surface area contributed by atoms with Crippen molar-refractivity contribution < 1.29 is 22.4 Å². The third-order valence-electron chi connectivity index (χ3n) is 5.19. The summed E-state index contributed by atoms with van der Waals surface area (Å²) < 4.78 is 57.0. The number of H-pyrrole nitrogens is 1. The maximum Gasteiger partial charge on any atom is 0.422 e. The van der Waals surface area contributed by atoms with Crippen LogP contribution in [0.4, 0.5) is 17.7 Å². The Kier molecular flexibility index (Phi) is 6.85. The first-order valence-corrected chi connectivity index (χ1v) is 9.87. The smallest absolute Gasteiger partial charge is 0.422 e. The number of hydrogen-bond donors (Lipinski definition) is 1. The van der Waals surface area contributed by atoms with Crippen LogP contribution in [0.2, 0.25) is 0 Å². The maximum absolute atomic E-state index is 14.1. The summed E-state index contributed by atoms with van der Waals surface area (Å²) in [6, 6.07) is 6.73. The molecule has 2 atom stereocenters. The van der Waals surface area contributed by atoms with Gasteiger partial charge in [-0.05, 0) is 31.0 Å². The van der Waals surface area contributed by atoms with E-state index < -0.39 is 36.2 Å². The lowest BCUT2D eigenvalue weighted by molar-refractivity contribution is -0.153. The van der Waals surface area contributed by atoms with E-state index in [1.54, 1.807) is 19.1 Å². The van der Waals surface area contributed by atoms with Crippen LogP contribution >= 0.6 is 0 Å². The fraction of sp³-hybridized carbons (Fsp3) is 0.500. The van der Waals surface area contributed by atoms with Crippen molar-refractivity contribution in [3.05, 3.63) is 62.4 Å². The number of aryl methyl sites for hydroxylation is 1. The van der Waals surface area contributed by atoms with E-state index in [1.165, 1.54) is 18.2 Å². The molecule has 1 N–H and O–H groups in total. The Morgan fingerprint density at radius 3 is 2.45 bits per heavy atom. The molecule has 31 heavy (non-hydrogen) atoms. The molecule has 1 aliphatic rings. The van der Waals surface area contributed by atoms with Gasteiger partial charge >= 0.3 is 11.9 Å². The second-order valence-electron chi connectivity index (χ2n) is 7.45. The zero-order valence-corrected chi connectivity index (χ0v) is 17.2. The molecule has 170 valence electrons. The fourth-order valence-corrected chi connectivity index (χ4v) is 3.84. The number of rotatable bonds is 6. The largest absolute Gasteiger partial charge is 0.484 e. The summed E-state index contributed by atoms with van der Waals surface area (Å²) >= 11 is 0. The highest BCUT2D eigenvalue weighted by Crippen LogP contribution is 2.33. The number of halogens is 4. The van der Waals surface area contributed by atoms with Crippen molar-refractivity contribution in [1.29, 1.82) is 0 Å². The molecule has 2 heterocycles. The van der Waals surface area contributed by atoms with Gasteiger partial charge in [0.15, 0.2) is 6.61 Å². The summed E-state index contributed by atoms with van der Waals surface area (Å²) in [6.45, 7) is 2.36. The Bertz CT molecular complexity index is 972. The highest BCUT2D eigenvalue weighted by Gasteiger charge is 2.35. The highest BCUT2D eigenvalue weighted by atomic mass is 19.4. The van der Waals surface area contributed by atoms with Crippen molar-refractivity contribution in [1.82, 2.24) is 19.6 Å². The molecule has 0 bridgehead atoms. The molecule has 11 heteroatoms. The van der Waals surface area contributed by atoms with E-state index in [9.17, 15) is 27.2 Å². The second-order valence-corrected chi connectivity index (χ2v) is 7.45. The molecule has 1 saturated heterocycles. The lowest BCUT2D eigenvalue weighted by Crippen LogP contribution is -2.52. The summed E-state index contributed by atoms with van der Waals surface area (Å²) in [5.74, 6) is 0.0405. The number of ether oxygens (including phenoxy) is 1. The molecule has 0 saturated carbocycles. The van der Waals surface area contributed by atoms with Crippen LogP contribution in [-0.2, 0) is 0 Å². The van der Waals surface area contributed by atoms with Gasteiger partial charge in [-0.3, -0.25) is 9.69 Å². The molecule has 3 rings (SSSR count). The van der Waals surface area contributed by atoms with Gasteiger partial charge in [-0.2, -0.15) is 13.2 Å². The number of benzene rings is 1. The molecule has 1 aromatic carbocycles. The van der Waals surface area contributed by atoms with Crippen molar-refractivity contribution in [2.24, 2.45) is 0 Å². The first kappa shape index (κ1) is 23.0. The van der Waals surface area contributed by atoms with E-state index in [1.807, 2.05) is 11.8 Å². The van der Waals surface area contributed by atoms with Gasteiger partial charge in [-0.25, -0.2) is 9.36 Å². The molecular formula is C20H24F4N4O3. The zero-order valence-electron chi connectivity index (χ0n) is 17.2. The number of piperazine rings is 1. The summed E-state index contributed by atoms with van der Waals surface area (Å²) in [7, 11) is 0. The van der Waals surface area contributed by atoms with Crippen LogP contribution in [0.5, 0.6) is 5.75 Å². The normalized spacial score (nSPS) is 19.4. The van der Waals surface area contributed by atoms with E-state index in [0.29, 0.717) is 22.8 Å². The van der Waals surface area contributed by atoms with Crippen molar-refractivity contribution in [3.63, 3.8) is 0 Å². The van der Waals surface area contributed by atoms with E-state index in [-0.39, 0.29) is 25.4 Å². The van der Waals surface area contributed by atoms with E-state index >= 15 is 0 Å². The van der Waals surface area contributed by atoms with Gasteiger partial charge < -0.3 is 9.72 Å². The van der Waals surface area contributed by atoms with E-state index in [4.69, 9.17) is 4.74 Å². The van der Waals surface area contributed by atoms with Gasteiger partial charge in [0, 0.05) is 31.4 Å². The minimum Gasteiger partial charge on any atom is -0.484 e. The number of nitrogens with one attached hydrogen (secondary N) is 1. The zero-order chi connectivity index (χ0) is 22.8. The van der Waals surface area contributed by atoms with Gasteiger partial charge in [-0.1, -0.05) is 19.1 Å². The van der Waals surface area contributed by atoms with Crippen molar-refractivity contribution in [2.75, 3.05) is 26.2 Å². The van der Waals surface area contributed by atoms with Crippen LogP contribution in [-0.4, -0.2) is 52.0 Å². The molecule has 1 aromatic heterocycles. The Labute approximate surface area is 175 Å². The van der Waals surface area contributed by atoms with Crippen LogP contribution in [0.25, 0.3) is 0 Å². The van der Waals surface area contributed by atoms with Gasteiger partial charge in [0.05, 0.1) is 12.2 Å². The number of hydrogen-bond acceptors (Lipinski definition) is 5. The third kappa shape index (κ3) is 5.53. The van der Waals surface area contributed by atoms with Gasteiger partial charge in [0.25, 0.3) is 5.56 Å². The molecule has 0 amide bonds. The molecule has 2 unspecified atom stereocenters. The highest BCUT2D eigenvalue weighted by molar-refractivity contribution is 5.30. The Morgan fingerprint density at radius 1 is 1.19 bits per heavy atom. The molecule has 1 aliphatic heterocycles. The van der Waals surface area contributed by atoms with Crippen molar-refractivity contribution in [2.45, 2.75) is 38.7 Å². The van der Waals surface area contributed by atoms with E-state index in [2.05, 4.69) is 4.98 Å². The Balaban J connectivity index is 1.91. The standard InChI is InChI=1S/C20H24F4N4O3/c1-3-17(28-18(29)10-13(2)25-19(28)30)27-9-8-26(24)11-16(27)14-4-6-15(7-5-14)31-12-20(21,22)23/h4-7,10,16-17H,3,8-9,11-12H2,1-2H3,(H,25,30). The first-order valence-electron chi connectivity index (χ1n) is 9.87. The summed E-state index contributed by atoms with van der Waals surface area (Å²) in [4.78, 5) is 29.5. The topological polar surface area (TPSA) is 70.6 Å². The first-order chi connectivity index (χ1) is 14.6. The van der Waals surface area contributed by atoms with Crippen LogP contribution in [0, 0.1) is 6.92 Å². The molecule has 2 aromatic rings. The summed E-state index contributed by atoms with van der Waals surface area (Å²) in [5, 5.41) is 0.643. The third-order valence-corrected chi connectivity index (χ3v) is 5.19. The van der Waals surface area contributed by atoms with Gasteiger partial charge in [0.2, 0.25) is 0 Å². The lowest BCUT2D eigenvalue weighted by atomic mass is 10.0. The quantitative estimate of drug-likeness (QED) is 0.548. The fourth-order valence-electron chi connectivity index (χ4n) is 3.84. The molecule has 0 spiro atoms. The number of aromatic amines is 1. The Morgan fingerprint density at radius 2 is 1.87 bits per heavy atom. The van der Waals surface area contributed by atoms with Crippen LogP contribution < -0.4 is 16.0 Å². The average molecular weight is 444 g/mol. The second kappa shape index (κ2) is 9.23. The van der Waals surface area contributed by atoms with Crippen LogP contribution in [0.3, 0.4) is 0 Å². The lowest BCUT2D eigenvalue weighted by Gasteiger charge is -2.42. The molecule has 0 radical (unpaired) electrons. The Hall–Kier alpha value is -2.66. The minimum absolute atomic E-state index is 0.0161. The molecule has 0 aliphatic carbocycles. The summed E-state index contributed by atoms with van der Waals surface area (Å²) in [5.41, 5.74) is 0.0806. The molecular weight excluding hydrogens is 420 g/mol. The van der Waals surface area contributed by atoms with Crippen molar-refractivity contribution in [3.8, 4) is 5.75 Å². The average Bonchev–Trinajstić information content (AvgIpc) is 2.69. The molecule has 7 nitrogen and oxygen atoms in total. The van der Waals surface area contributed by atoms with Gasteiger partial charge in [-0.15, -0.1) is 9.60 Å². The number of aromatic nitrogens is 2. The number of alkyl halides is 3. The maximum atomic E-state index is 14.1. The SMILES string of the molecule is CCC(N1CCN(F)CC1c1ccc(OCC(F)(F)F)cc1)n1c(=O)cc(C)[nH]c1=O. The summed E-state index contributed by atoms with van der Waals surface area (Å²) in [6.07, 6.45) is -4.64. The van der Waals surface area contributed by atoms with Gasteiger partial charge in [0.1, 0.15) is 5.75 Å². The predicted octanol–water partition coefficient (Wildman–Crippen LogP) is 2.94. The predicted molar refractivity (Wildman–Crippen MR) is 106 cm³/mol. The molecule has 1 fully saturated rings. The number of nitrogens with zero attached hydrogens (tertiary/aromatic N) is 3. The van der Waals surface area contributed by atoms with Crippen molar-refractivity contribution >= 4 is 0 Å².